The highest BCUT2D eigenvalue weighted by Gasteiger charge is 2.49. The van der Waals surface area contributed by atoms with E-state index in [0.717, 1.165) is 33.4 Å². The van der Waals surface area contributed by atoms with E-state index in [-0.39, 0.29) is 23.0 Å². The topological polar surface area (TPSA) is 134 Å². The van der Waals surface area contributed by atoms with Crippen LogP contribution in [0, 0.1) is 0 Å². The number of ether oxygens (including phenoxy) is 2. The van der Waals surface area contributed by atoms with Crippen LogP contribution in [-0.4, -0.2) is 32.4 Å². The number of benzene rings is 6. The fraction of sp³-hybridized carbons (Fsp3) is 0.0500. The van der Waals surface area contributed by atoms with E-state index in [0.29, 0.717) is 11.1 Å². The average molecular weight is 637 g/mol. The van der Waals surface area contributed by atoms with Crippen molar-refractivity contribution in [2.24, 2.45) is 0 Å². The van der Waals surface area contributed by atoms with Crippen LogP contribution in [0.2, 0.25) is 0 Å². The Morgan fingerprint density at radius 1 is 0.354 bits per heavy atom. The molecule has 0 unspecified atom stereocenters. The minimum Gasteiger partial charge on any atom is -0.508 e. The number of hydrogen-bond donors (Lipinski definition) is 4. The largest absolute Gasteiger partial charge is 0.508 e. The van der Waals surface area contributed by atoms with Crippen LogP contribution in [0.3, 0.4) is 0 Å². The van der Waals surface area contributed by atoms with Gasteiger partial charge in [0.1, 0.15) is 23.0 Å². The summed E-state index contributed by atoms with van der Waals surface area (Å²) in [5, 5.41) is 38.4. The van der Waals surface area contributed by atoms with Crippen molar-refractivity contribution < 1.29 is 39.5 Å². The number of fused-ring (bicyclic) bond motifs is 2. The summed E-state index contributed by atoms with van der Waals surface area (Å²) in [6.07, 6.45) is 0. The highest BCUT2D eigenvalue weighted by atomic mass is 16.6. The fourth-order valence-electron chi connectivity index (χ4n) is 6.41. The number of hydrogen-bond acceptors (Lipinski definition) is 8. The molecule has 0 radical (unpaired) electrons. The standard InChI is InChI=1S/2C20H14O4/c2*21-15-9-5-13(6-10-15)20(14-7-11-16(22)12-8-14)18-4-2-1-3-17(18)19(23)24-20/h2*1-12,21-22H. The van der Waals surface area contributed by atoms with Gasteiger partial charge in [0.2, 0.25) is 0 Å². The highest BCUT2D eigenvalue weighted by Crippen LogP contribution is 2.48. The van der Waals surface area contributed by atoms with E-state index in [1.165, 1.54) is 0 Å². The Kier molecular flexibility index (Phi) is 7.33. The van der Waals surface area contributed by atoms with Crippen molar-refractivity contribution in [3.63, 3.8) is 0 Å². The molecule has 4 N–H and O–H groups in total. The Hall–Kier alpha value is -6.54. The maximum atomic E-state index is 12.4. The summed E-state index contributed by atoms with van der Waals surface area (Å²) in [5.41, 5.74) is 3.21. The Morgan fingerprint density at radius 2 is 0.604 bits per heavy atom. The second kappa shape index (κ2) is 11.7. The van der Waals surface area contributed by atoms with Gasteiger partial charge in [-0.1, -0.05) is 84.9 Å². The zero-order valence-electron chi connectivity index (χ0n) is 25.3. The van der Waals surface area contributed by atoms with Crippen molar-refractivity contribution in [3.05, 3.63) is 190 Å². The predicted octanol–water partition coefficient (Wildman–Crippen LogP) is 7.12. The first-order valence-electron chi connectivity index (χ1n) is 15.1. The Labute approximate surface area is 275 Å². The minimum atomic E-state index is -1.10. The van der Waals surface area contributed by atoms with Crippen molar-refractivity contribution in [3.8, 4) is 23.0 Å². The second-order valence-electron chi connectivity index (χ2n) is 11.4. The van der Waals surface area contributed by atoms with Crippen LogP contribution in [-0.2, 0) is 20.7 Å². The molecule has 0 aliphatic carbocycles. The summed E-state index contributed by atoms with van der Waals surface area (Å²) in [6.45, 7) is 0. The third-order valence-electron chi connectivity index (χ3n) is 8.64. The van der Waals surface area contributed by atoms with Gasteiger partial charge in [-0.25, -0.2) is 9.59 Å². The molecule has 0 amide bonds. The summed E-state index contributed by atoms with van der Waals surface area (Å²) in [7, 11) is 0. The molecule has 0 spiro atoms. The fourth-order valence-corrected chi connectivity index (χ4v) is 6.41. The number of cyclic esters (lactones) is 2. The number of esters is 2. The first kappa shape index (κ1) is 30.1. The molecular weight excluding hydrogens is 608 g/mol. The lowest BCUT2D eigenvalue weighted by atomic mass is 9.80. The molecule has 0 atom stereocenters. The Balaban J connectivity index is 0.000000152. The molecule has 0 bridgehead atoms. The zero-order valence-corrected chi connectivity index (χ0v) is 25.3. The van der Waals surface area contributed by atoms with Crippen LogP contribution in [0.25, 0.3) is 0 Å². The SMILES string of the molecule is O=C1OC(c2ccc(O)cc2)(c2ccc(O)cc2)c2ccccc21.O=C1OC(c2ccc(O)cc2)(c2ccc(O)cc2)c2ccccc21. The maximum Gasteiger partial charge on any atom is 0.340 e. The molecule has 6 aromatic rings. The molecule has 48 heavy (non-hydrogen) atoms. The second-order valence-corrected chi connectivity index (χ2v) is 11.4. The van der Waals surface area contributed by atoms with Crippen LogP contribution in [0.4, 0.5) is 0 Å². The van der Waals surface area contributed by atoms with Gasteiger partial charge in [-0.15, -0.1) is 0 Å². The predicted molar refractivity (Wildman–Crippen MR) is 176 cm³/mol. The van der Waals surface area contributed by atoms with E-state index in [1.54, 1.807) is 121 Å². The molecule has 0 saturated carbocycles. The van der Waals surface area contributed by atoms with Gasteiger partial charge in [0.05, 0.1) is 11.1 Å². The quantitative estimate of drug-likeness (QED) is 0.150. The van der Waals surface area contributed by atoms with E-state index in [4.69, 9.17) is 9.47 Å². The van der Waals surface area contributed by atoms with Crippen molar-refractivity contribution in [2.45, 2.75) is 11.2 Å². The summed E-state index contributed by atoms with van der Waals surface area (Å²) in [4.78, 5) is 24.9. The molecule has 8 rings (SSSR count). The first-order valence-corrected chi connectivity index (χ1v) is 15.1. The minimum absolute atomic E-state index is 0.136. The van der Waals surface area contributed by atoms with Crippen LogP contribution in [0.1, 0.15) is 54.1 Å². The monoisotopic (exact) mass is 636 g/mol. The first-order chi connectivity index (χ1) is 23.2. The van der Waals surface area contributed by atoms with Gasteiger partial charge in [-0.2, -0.15) is 0 Å². The zero-order chi connectivity index (χ0) is 33.5. The van der Waals surface area contributed by atoms with Crippen LogP contribution in [0.5, 0.6) is 23.0 Å². The summed E-state index contributed by atoms with van der Waals surface area (Å²) in [5.74, 6) is -0.248. The van der Waals surface area contributed by atoms with Crippen molar-refractivity contribution in [1.29, 1.82) is 0 Å². The van der Waals surface area contributed by atoms with Gasteiger partial charge in [-0.05, 0) is 60.7 Å². The summed E-state index contributed by atoms with van der Waals surface area (Å²) < 4.78 is 11.7. The molecule has 236 valence electrons. The lowest BCUT2D eigenvalue weighted by molar-refractivity contribution is 0.0242. The summed E-state index contributed by atoms with van der Waals surface area (Å²) in [6, 6.07) is 40.9. The molecule has 2 aliphatic rings. The molecule has 0 aromatic heterocycles. The molecule has 2 aliphatic heterocycles. The van der Waals surface area contributed by atoms with Gasteiger partial charge in [0.25, 0.3) is 0 Å². The van der Waals surface area contributed by atoms with Gasteiger partial charge in [0, 0.05) is 33.4 Å². The molecule has 6 aromatic carbocycles. The molecule has 8 nitrogen and oxygen atoms in total. The normalized spacial score (nSPS) is 14.9. The number of rotatable bonds is 4. The van der Waals surface area contributed by atoms with Gasteiger partial charge in [-0.3, -0.25) is 0 Å². The summed E-state index contributed by atoms with van der Waals surface area (Å²) >= 11 is 0. The van der Waals surface area contributed by atoms with Crippen LogP contribution >= 0.6 is 0 Å². The van der Waals surface area contributed by atoms with Crippen LogP contribution < -0.4 is 0 Å². The number of phenols is 4. The van der Waals surface area contributed by atoms with E-state index in [1.807, 2.05) is 24.3 Å². The lowest BCUT2D eigenvalue weighted by Gasteiger charge is -2.30. The molecular formula is C40H28O8. The lowest BCUT2D eigenvalue weighted by Crippen LogP contribution is -2.29. The number of aromatic hydroxyl groups is 4. The Bertz CT molecular complexity index is 1890. The van der Waals surface area contributed by atoms with Gasteiger partial charge < -0.3 is 29.9 Å². The molecule has 8 heteroatoms. The van der Waals surface area contributed by atoms with Gasteiger partial charge in [0.15, 0.2) is 11.2 Å². The number of phenolic OH excluding ortho intramolecular Hbond substituents is 4. The van der Waals surface area contributed by atoms with Crippen molar-refractivity contribution in [2.75, 3.05) is 0 Å². The van der Waals surface area contributed by atoms with Crippen molar-refractivity contribution in [1.82, 2.24) is 0 Å². The molecule has 0 fully saturated rings. The van der Waals surface area contributed by atoms with Crippen LogP contribution in [0.15, 0.2) is 146 Å². The smallest absolute Gasteiger partial charge is 0.340 e. The molecule has 2 heterocycles. The Morgan fingerprint density at radius 3 is 0.875 bits per heavy atom. The van der Waals surface area contributed by atoms with E-state index in [9.17, 15) is 30.0 Å². The maximum absolute atomic E-state index is 12.4. The number of carbonyl (C=O) groups excluding carboxylic acids is 2. The van der Waals surface area contributed by atoms with Gasteiger partial charge >= 0.3 is 11.9 Å². The van der Waals surface area contributed by atoms with E-state index in [2.05, 4.69) is 0 Å². The van der Waals surface area contributed by atoms with E-state index < -0.39 is 23.1 Å². The van der Waals surface area contributed by atoms with E-state index >= 15 is 0 Å². The third-order valence-corrected chi connectivity index (χ3v) is 8.64. The number of carbonyl (C=O) groups is 2. The average Bonchev–Trinajstić information content (AvgIpc) is 3.58. The third kappa shape index (κ3) is 4.87. The van der Waals surface area contributed by atoms with Crippen molar-refractivity contribution >= 4 is 11.9 Å². The highest BCUT2D eigenvalue weighted by molar-refractivity contribution is 5.97. The molecule has 0 saturated heterocycles.